The van der Waals surface area contributed by atoms with Gasteiger partial charge in [-0.2, -0.15) is 0 Å². The van der Waals surface area contributed by atoms with Crippen molar-refractivity contribution in [3.05, 3.63) is 0 Å². The van der Waals surface area contributed by atoms with Crippen LogP contribution in [0.4, 0.5) is 0 Å². The average molecular weight is 493 g/mol. The Morgan fingerprint density at radius 2 is 1.66 bits per heavy atom. The van der Waals surface area contributed by atoms with E-state index >= 15 is 0 Å². The summed E-state index contributed by atoms with van der Waals surface area (Å²) in [4.78, 5) is 35.0. The van der Waals surface area contributed by atoms with Crippen molar-refractivity contribution in [2.75, 3.05) is 0 Å². The molecule has 7 nitrogen and oxygen atoms in total. The quantitative estimate of drug-likeness (QED) is 0.522. The van der Waals surface area contributed by atoms with E-state index in [0.29, 0.717) is 12.8 Å². The molecule has 0 unspecified atom stereocenters. The summed E-state index contributed by atoms with van der Waals surface area (Å²) in [6.45, 7) is 9.63. The molecule has 0 spiro atoms. The zero-order chi connectivity index (χ0) is 25.7. The first-order valence-electron chi connectivity index (χ1n) is 13.6. The Kier molecular flexibility index (Phi) is 7.31. The summed E-state index contributed by atoms with van der Waals surface area (Å²) in [6, 6.07) is 0. The molecular weight excluding hydrogens is 448 g/mol. The molecular formula is C28H44O7. The molecule has 0 aromatic rings. The SMILES string of the molecule is CC(=O)O[C@@H]1CC[C@]2(C)[C@H](C1)C[C@@H](OC(C)=O)[C@H]1[C@H]3CC[C@H]([C@H](C)CCC(=O)O)[C@]3(C)[C@@H](O)C[C@@H]12. The van der Waals surface area contributed by atoms with Crippen LogP contribution in [0.1, 0.15) is 92.4 Å². The third kappa shape index (κ3) is 4.62. The molecule has 0 heterocycles. The zero-order valence-electron chi connectivity index (χ0n) is 22.0. The number of carbonyl (C=O) groups excluding carboxylic acids is 2. The fourth-order valence-corrected chi connectivity index (χ4v) is 9.32. The van der Waals surface area contributed by atoms with E-state index in [9.17, 15) is 24.6 Å². The number of fused-ring (bicyclic) bond motifs is 5. The van der Waals surface area contributed by atoms with Crippen LogP contribution in [0.15, 0.2) is 0 Å². The van der Waals surface area contributed by atoms with Gasteiger partial charge in [0.05, 0.1) is 6.10 Å². The summed E-state index contributed by atoms with van der Waals surface area (Å²) in [5, 5.41) is 20.9. The molecule has 4 aliphatic rings. The summed E-state index contributed by atoms with van der Waals surface area (Å²) < 4.78 is 11.6. The molecule has 0 bridgehead atoms. The van der Waals surface area contributed by atoms with E-state index in [0.717, 1.165) is 38.5 Å². The number of rotatable bonds is 6. The van der Waals surface area contributed by atoms with Crippen LogP contribution >= 0.6 is 0 Å². The molecule has 0 amide bonds. The van der Waals surface area contributed by atoms with Gasteiger partial charge in [0, 0.05) is 26.2 Å². The molecule has 7 heteroatoms. The van der Waals surface area contributed by atoms with Gasteiger partial charge in [-0.25, -0.2) is 0 Å². The summed E-state index contributed by atoms with van der Waals surface area (Å²) in [6.07, 6.45) is 5.99. The predicted molar refractivity (Wildman–Crippen MR) is 129 cm³/mol. The third-order valence-electron chi connectivity index (χ3n) is 10.9. The van der Waals surface area contributed by atoms with Gasteiger partial charge in [0.2, 0.25) is 0 Å². The van der Waals surface area contributed by atoms with E-state index in [1.54, 1.807) is 0 Å². The Labute approximate surface area is 209 Å². The number of aliphatic hydroxyl groups excluding tert-OH is 1. The molecule has 0 saturated heterocycles. The lowest BCUT2D eigenvalue weighted by Gasteiger charge is -2.64. The van der Waals surface area contributed by atoms with Crippen LogP contribution in [0.25, 0.3) is 0 Å². The fraction of sp³-hybridized carbons (Fsp3) is 0.893. The van der Waals surface area contributed by atoms with E-state index in [1.165, 1.54) is 13.8 Å². The van der Waals surface area contributed by atoms with E-state index in [2.05, 4.69) is 20.8 Å². The van der Waals surface area contributed by atoms with Gasteiger partial charge in [-0.3, -0.25) is 14.4 Å². The maximum absolute atomic E-state index is 12.2. The first-order valence-corrected chi connectivity index (χ1v) is 13.6. The van der Waals surface area contributed by atoms with Crippen molar-refractivity contribution < 1.29 is 34.1 Å². The van der Waals surface area contributed by atoms with Gasteiger partial charge in [-0.05, 0) is 91.8 Å². The van der Waals surface area contributed by atoms with Gasteiger partial charge in [0.15, 0.2) is 0 Å². The van der Waals surface area contributed by atoms with Gasteiger partial charge >= 0.3 is 17.9 Å². The molecule has 0 radical (unpaired) electrons. The summed E-state index contributed by atoms with van der Waals surface area (Å²) in [5.74, 6) is 0.128. The van der Waals surface area contributed by atoms with Gasteiger partial charge in [0.25, 0.3) is 0 Å². The normalized spacial score (nSPS) is 45.4. The second-order valence-electron chi connectivity index (χ2n) is 12.6. The number of esters is 2. The standard InChI is InChI=1S/C28H44O7/c1-15(6-9-25(32)33)20-7-8-21-26-22(14-24(31)28(20,21)5)27(4)11-10-19(34-16(2)29)12-18(27)13-23(26)35-17(3)30/h15,18-24,26,31H,6-14H2,1-5H3,(H,32,33)/t15-,18-,19-,20-,21-,22+,23-,24+,26+,27-,28+/m1/s1. The summed E-state index contributed by atoms with van der Waals surface area (Å²) >= 11 is 0. The maximum Gasteiger partial charge on any atom is 0.303 e. The number of aliphatic carboxylic acids is 1. The lowest BCUT2D eigenvalue weighted by atomic mass is 9.43. The Morgan fingerprint density at radius 1 is 0.971 bits per heavy atom. The number of hydrogen-bond donors (Lipinski definition) is 2. The minimum Gasteiger partial charge on any atom is -0.481 e. The Hall–Kier alpha value is -1.63. The number of carboxylic acids is 1. The van der Waals surface area contributed by atoms with E-state index < -0.39 is 12.1 Å². The molecule has 0 aromatic heterocycles. The summed E-state index contributed by atoms with van der Waals surface area (Å²) in [7, 11) is 0. The van der Waals surface area contributed by atoms with E-state index in [4.69, 9.17) is 9.47 Å². The molecule has 4 fully saturated rings. The highest BCUT2D eigenvalue weighted by Crippen LogP contribution is 2.68. The van der Waals surface area contributed by atoms with Crippen LogP contribution in [-0.2, 0) is 23.9 Å². The second kappa shape index (κ2) is 9.68. The monoisotopic (exact) mass is 492 g/mol. The van der Waals surface area contributed by atoms with Crippen molar-refractivity contribution in [1.82, 2.24) is 0 Å². The molecule has 0 aromatic carbocycles. The van der Waals surface area contributed by atoms with Crippen LogP contribution in [0.3, 0.4) is 0 Å². The highest BCUT2D eigenvalue weighted by atomic mass is 16.5. The Balaban J connectivity index is 1.64. The Morgan fingerprint density at radius 3 is 2.29 bits per heavy atom. The van der Waals surface area contributed by atoms with Crippen molar-refractivity contribution in [1.29, 1.82) is 0 Å². The van der Waals surface area contributed by atoms with Gasteiger partial charge in [-0.15, -0.1) is 0 Å². The van der Waals surface area contributed by atoms with Crippen molar-refractivity contribution >= 4 is 17.9 Å². The lowest BCUT2D eigenvalue weighted by Crippen LogP contribution is -2.63. The molecule has 4 rings (SSSR count). The molecule has 4 aliphatic carbocycles. The number of carbonyl (C=O) groups is 3. The van der Waals surface area contributed by atoms with Crippen LogP contribution in [0, 0.1) is 46.3 Å². The molecule has 35 heavy (non-hydrogen) atoms. The van der Waals surface area contributed by atoms with E-state index in [-0.39, 0.29) is 76.9 Å². The molecule has 4 saturated carbocycles. The molecule has 2 N–H and O–H groups in total. The van der Waals surface area contributed by atoms with Crippen LogP contribution in [0.2, 0.25) is 0 Å². The topological polar surface area (TPSA) is 110 Å². The third-order valence-corrected chi connectivity index (χ3v) is 10.9. The first kappa shape index (κ1) is 26.4. The van der Waals surface area contributed by atoms with Crippen LogP contribution in [0.5, 0.6) is 0 Å². The fourth-order valence-electron chi connectivity index (χ4n) is 9.32. The zero-order valence-corrected chi connectivity index (χ0v) is 22.0. The van der Waals surface area contributed by atoms with Crippen molar-refractivity contribution in [2.45, 2.75) is 111 Å². The van der Waals surface area contributed by atoms with Gasteiger partial charge < -0.3 is 19.7 Å². The number of ether oxygens (including phenoxy) is 2. The molecule has 11 atom stereocenters. The van der Waals surface area contributed by atoms with Crippen molar-refractivity contribution in [3.63, 3.8) is 0 Å². The average Bonchev–Trinajstić information content (AvgIpc) is 3.11. The van der Waals surface area contributed by atoms with Crippen LogP contribution in [-0.4, -0.2) is 46.4 Å². The van der Waals surface area contributed by atoms with Crippen molar-refractivity contribution in [3.8, 4) is 0 Å². The second-order valence-corrected chi connectivity index (χ2v) is 12.6. The first-order chi connectivity index (χ1) is 16.4. The lowest BCUT2D eigenvalue weighted by molar-refractivity contribution is -0.218. The van der Waals surface area contributed by atoms with Gasteiger partial charge in [0.1, 0.15) is 12.2 Å². The minimum atomic E-state index is -0.772. The number of carboxylic acid groups (broad SMARTS) is 1. The highest BCUT2D eigenvalue weighted by molar-refractivity contribution is 5.67. The summed E-state index contributed by atoms with van der Waals surface area (Å²) in [5.41, 5.74) is -0.303. The van der Waals surface area contributed by atoms with Crippen molar-refractivity contribution in [2.24, 2.45) is 46.3 Å². The van der Waals surface area contributed by atoms with Crippen LogP contribution < -0.4 is 0 Å². The van der Waals surface area contributed by atoms with E-state index in [1.807, 2.05) is 0 Å². The largest absolute Gasteiger partial charge is 0.481 e. The maximum atomic E-state index is 12.2. The Bertz CT molecular complexity index is 841. The smallest absolute Gasteiger partial charge is 0.303 e. The number of aliphatic hydroxyl groups is 1. The highest BCUT2D eigenvalue weighted by Gasteiger charge is 2.66. The van der Waals surface area contributed by atoms with Gasteiger partial charge in [-0.1, -0.05) is 20.8 Å². The number of hydrogen-bond acceptors (Lipinski definition) is 6. The molecule has 0 aliphatic heterocycles. The minimum absolute atomic E-state index is 0.00723. The molecule has 198 valence electrons. The predicted octanol–water partition coefficient (Wildman–Crippen LogP) is 4.59.